The SMILES string of the molecule is Cc1cc(C#Cc2ccccc2S(=O)(=O)CCOCC2CC2)c[nH]c1=O. The second-order valence-electron chi connectivity index (χ2n) is 6.48. The number of rotatable bonds is 6. The zero-order chi connectivity index (χ0) is 18.6. The largest absolute Gasteiger partial charge is 0.380 e. The van der Waals surface area contributed by atoms with Crippen LogP contribution in [0.25, 0.3) is 0 Å². The topological polar surface area (TPSA) is 76.2 Å². The van der Waals surface area contributed by atoms with Crippen LogP contribution in [0.4, 0.5) is 0 Å². The molecule has 3 rings (SSSR count). The number of pyridine rings is 1. The van der Waals surface area contributed by atoms with Crippen molar-refractivity contribution in [1.82, 2.24) is 4.98 Å². The van der Waals surface area contributed by atoms with Crippen LogP contribution in [0, 0.1) is 24.7 Å². The number of H-pyrrole nitrogens is 1. The number of ether oxygens (including phenoxy) is 1. The van der Waals surface area contributed by atoms with Gasteiger partial charge in [0.25, 0.3) is 5.56 Å². The summed E-state index contributed by atoms with van der Waals surface area (Å²) in [5.41, 5.74) is 1.47. The fourth-order valence-electron chi connectivity index (χ4n) is 2.46. The maximum absolute atomic E-state index is 12.6. The summed E-state index contributed by atoms with van der Waals surface area (Å²) in [7, 11) is -3.47. The van der Waals surface area contributed by atoms with Crippen LogP contribution in [0.3, 0.4) is 0 Å². The molecule has 26 heavy (non-hydrogen) atoms. The molecule has 136 valence electrons. The maximum atomic E-state index is 12.6. The van der Waals surface area contributed by atoms with Gasteiger partial charge in [-0.3, -0.25) is 4.79 Å². The predicted molar refractivity (Wildman–Crippen MR) is 99.8 cm³/mol. The molecule has 0 aliphatic heterocycles. The highest BCUT2D eigenvalue weighted by atomic mass is 32.2. The molecule has 0 saturated heterocycles. The van der Waals surface area contributed by atoms with Crippen LogP contribution in [-0.2, 0) is 14.6 Å². The van der Waals surface area contributed by atoms with E-state index in [1.54, 1.807) is 37.3 Å². The highest BCUT2D eigenvalue weighted by Gasteiger charge is 2.22. The van der Waals surface area contributed by atoms with Crippen molar-refractivity contribution in [3.63, 3.8) is 0 Å². The molecule has 1 aliphatic rings. The van der Waals surface area contributed by atoms with Gasteiger partial charge in [-0.05, 0) is 43.9 Å². The first-order valence-corrected chi connectivity index (χ1v) is 10.2. The quantitative estimate of drug-likeness (QED) is 0.624. The van der Waals surface area contributed by atoms with Crippen LogP contribution in [-0.4, -0.2) is 32.4 Å². The minimum Gasteiger partial charge on any atom is -0.380 e. The monoisotopic (exact) mass is 371 g/mol. The summed E-state index contributed by atoms with van der Waals surface area (Å²) in [4.78, 5) is 14.2. The Balaban J connectivity index is 1.77. The first-order valence-electron chi connectivity index (χ1n) is 8.56. The molecule has 1 aliphatic carbocycles. The van der Waals surface area contributed by atoms with Crippen molar-refractivity contribution in [2.45, 2.75) is 24.7 Å². The summed E-state index contributed by atoms with van der Waals surface area (Å²) in [6.07, 6.45) is 3.87. The van der Waals surface area contributed by atoms with Gasteiger partial charge in [0.2, 0.25) is 0 Å². The number of benzene rings is 1. The van der Waals surface area contributed by atoms with Crippen LogP contribution < -0.4 is 5.56 Å². The van der Waals surface area contributed by atoms with E-state index in [1.165, 1.54) is 19.0 Å². The summed E-state index contributed by atoms with van der Waals surface area (Å²) in [5.74, 6) is 6.37. The molecule has 0 radical (unpaired) electrons. The van der Waals surface area contributed by atoms with Gasteiger partial charge in [-0.2, -0.15) is 0 Å². The molecule has 1 fully saturated rings. The van der Waals surface area contributed by atoms with E-state index < -0.39 is 9.84 Å². The molecule has 1 heterocycles. The lowest BCUT2D eigenvalue weighted by atomic mass is 10.2. The van der Waals surface area contributed by atoms with E-state index in [0.29, 0.717) is 29.2 Å². The van der Waals surface area contributed by atoms with E-state index in [4.69, 9.17) is 4.74 Å². The second-order valence-corrected chi connectivity index (χ2v) is 8.56. The summed E-state index contributed by atoms with van der Waals surface area (Å²) in [5, 5.41) is 0. The molecule has 0 unspecified atom stereocenters. The van der Waals surface area contributed by atoms with Gasteiger partial charge in [0.05, 0.1) is 17.3 Å². The molecule has 1 N–H and O–H groups in total. The standard InChI is InChI=1S/C20H21NO4S/c1-15-12-17(13-21-20(15)22)8-9-18-4-2-3-5-19(18)26(23,24)11-10-25-14-16-6-7-16/h2-5,12-13,16H,6-7,10-11,14H2,1H3,(H,21,22). The fourth-order valence-corrected chi connectivity index (χ4v) is 3.76. The van der Waals surface area contributed by atoms with Crippen molar-refractivity contribution in [2.24, 2.45) is 5.92 Å². The Hall–Kier alpha value is -2.36. The third kappa shape index (κ3) is 4.84. The van der Waals surface area contributed by atoms with Gasteiger partial charge in [0.15, 0.2) is 9.84 Å². The molecular formula is C20H21NO4S. The van der Waals surface area contributed by atoms with E-state index in [0.717, 1.165) is 0 Å². The van der Waals surface area contributed by atoms with Crippen LogP contribution in [0.1, 0.15) is 29.5 Å². The molecule has 2 aromatic rings. The minimum absolute atomic E-state index is 0.0593. The van der Waals surface area contributed by atoms with Gasteiger partial charge in [0.1, 0.15) is 0 Å². The van der Waals surface area contributed by atoms with Crippen LogP contribution in [0.5, 0.6) is 0 Å². The first kappa shape index (κ1) is 18.4. The van der Waals surface area contributed by atoms with Crippen molar-refractivity contribution in [2.75, 3.05) is 19.0 Å². The third-order valence-electron chi connectivity index (χ3n) is 4.20. The average Bonchev–Trinajstić information content (AvgIpc) is 3.44. The Morgan fingerprint density at radius 3 is 2.73 bits per heavy atom. The number of sulfone groups is 1. The van der Waals surface area contributed by atoms with E-state index in [9.17, 15) is 13.2 Å². The van der Waals surface area contributed by atoms with Crippen molar-refractivity contribution in [1.29, 1.82) is 0 Å². The van der Waals surface area contributed by atoms with E-state index in [2.05, 4.69) is 16.8 Å². The summed E-state index contributed by atoms with van der Waals surface area (Å²) >= 11 is 0. The molecule has 6 heteroatoms. The van der Waals surface area contributed by atoms with E-state index in [1.807, 2.05) is 0 Å². The Kier molecular flexibility index (Phi) is 5.60. The van der Waals surface area contributed by atoms with Crippen molar-refractivity contribution in [3.8, 4) is 11.8 Å². The number of aromatic amines is 1. The summed E-state index contributed by atoms with van der Waals surface area (Å²) in [6, 6.07) is 8.37. The van der Waals surface area contributed by atoms with Crippen LogP contribution in [0.15, 0.2) is 46.2 Å². The summed E-state index contributed by atoms with van der Waals surface area (Å²) in [6.45, 7) is 2.53. The molecule has 5 nitrogen and oxygen atoms in total. The highest BCUT2D eigenvalue weighted by molar-refractivity contribution is 7.91. The molecule has 1 aromatic heterocycles. The number of aromatic nitrogens is 1. The van der Waals surface area contributed by atoms with Gasteiger partial charge < -0.3 is 9.72 Å². The third-order valence-corrected chi connectivity index (χ3v) is 5.93. The Labute approximate surface area is 153 Å². The summed E-state index contributed by atoms with van der Waals surface area (Å²) < 4.78 is 30.7. The molecule has 1 saturated carbocycles. The lowest BCUT2D eigenvalue weighted by Gasteiger charge is -2.07. The lowest BCUT2D eigenvalue weighted by molar-refractivity contribution is 0.138. The van der Waals surface area contributed by atoms with Crippen molar-refractivity contribution < 1.29 is 13.2 Å². The van der Waals surface area contributed by atoms with Gasteiger partial charge in [-0.15, -0.1) is 0 Å². The predicted octanol–water partition coefficient (Wildman–Crippen LogP) is 2.28. The molecule has 0 amide bonds. The maximum Gasteiger partial charge on any atom is 0.250 e. The van der Waals surface area contributed by atoms with E-state index >= 15 is 0 Å². The normalized spacial score (nSPS) is 13.9. The van der Waals surface area contributed by atoms with E-state index in [-0.39, 0.29) is 22.8 Å². The smallest absolute Gasteiger partial charge is 0.250 e. The minimum atomic E-state index is -3.47. The van der Waals surface area contributed by atoms with Crippen molar-refractivity contribution in [3.05, 3.63) is 63.6 Å². The zero-order valence-corrected chi connectivity index (χ0v) is 15.4. The number of nitrogens with one attached hydrogen (secondary N) is 1. The van der Waals surface area contributed by atoms with Gasteiger partial charge >= 0.3 is 0 Å². The van der Waals surface area contributed by atoms with Gasteiger partial charge in [0, 0.05) is 29.5 Å². The molecule has 1 aromatic carbocycles. The number of hydrogen-bond donors (Lipinski definition) is 1. The van der Waals surface area contributed by atoms with Gasteiger partial charge in [-0.1, -0.05) is 24.0 Å². The molecular weight excluding hydrogens is 350 g/mol. The molecule has 0 bridgehead atoms. The fraction of sp³-hybridized carbons (Fsp3) is 0.350. The Morgan fingerprint density at radius 2 is 2.00 bits per heavy atom. The molecule has 0 spiro atoms. The second kappa shape index (κ2) is 7.90. The highest BCUT2D eigenvalue weighted by Crippen LogP contribution is 2.28. The first-order chi connectivity index (χ1) is 12.5. The lowest BCUT2D eigenvalue weighted by Crippen LogP contribution is -2.14. The average molecular weight is 371 g/mol. The van der Waals surface area contributed by atoms with Gasteiger partial charge in [-0.25, -0.2) is 8.42 Å². The van der Waals surface area contributed by atoms with Crippen LogP contribution >= 0.6 is 0 Å². The van der Waals surface area contributed by atoms with Crippen LogP contribution in [0.2, 0.25) is 0 Å². The molecule has 0 atom stereocenters. The number of hydrogen-bond acceptors (Lipinski definition) is 4. The Morgan fingerprint density at radius 1 is 1.23 bits per heavy atom. The zero-order valence-electron chi connectivity index (χ0n) is 14.6. The Bertz CT molecular complexity index is 1010. The van der Waals surface area contributed by atoms with Crippen molar-refractivity contribution >= 4 is 9.84 Å². The number of aryl methyl sites for hydroxylation is 1.